The Morgan fingerprint density at radius 2 is 2.15 bits per heavy atom. The number of hydrogen-bond acceptors (Lipinski definition) is 3. The van der Waals surface area contributed by atoms with Gasteiger partial charge in [-0.05, 0) is 19.8 Å². The monoisotopic (exact) mass is 185 g/mol. The Balaban J connectivity index is 1.50. The van der Waals surface area contributed by atoms with Gasteiger partial charge in [0, 0.05) is 12.0 Å². The van der Waals surface area contributed by atoms with Gasteiger partial charge in [0.05, 0.1) is 18.3 Å². The molecule has 13 heavy (non-hydrogen) atoms. The van der Waals surface area contributed by atoms with Crippen molar-refractivity contribution in [2.45, 2.75) is 50.4 Å². The van der Waals surface area contributed by atoms with Crippen LogP contribution in [0.2, 0.25) is 0 Å². The number of nitrogens with two attached hydrogens (primary N) is 1. The highest BCUT2D eigenvalue weighted by atomic mass is 16.6. The molecule has 0 bridgehead atoms. The third-order valence-electron chi connectivity index (χ3n) is 3.32. The average Bonchev–Trinajstić information content (AvgIpc) is 2.94. The first-order valence-electron chi connectivity index (χ1n) is 5.20. The molecule has 3 N–H and O–H groups in total. The molecule has 2 aliphatic rings. The van der Waals surface area contributed by atoms with Gasteiger partial charge in [0.15, 0.2) is 0 Å². The molecular formula is C10H19NO2. The van der Waals surface area contributed by atoms with Crippen LogP contribution in [0.15, 0.2) is 0 Å². The first kappa shape index (κ1) is 9.44. The summed E-state index contributed by atoms with van der Waals surface area (Å²) in [4.78, 5) is 0. The van der Waals surface area contributed by atoms with Gasteiger partial charge in [-0.15, -0.1) is 0 Å². The predicted molar refractivity (Wildman–Crippen MR) is 50.3 cm³/mol. The fourth-order valence-corrected chi connectivity index (χ4v) is 1.89. The minimum absolute atomic E-state index is 0.0627. The van der Waals surface area contributed by atoms with Crippen LogP contribution in [-0.2, 0) is 4.74 Å². The molecule has 0 aromatic rings. The van der Waals surface area contributed by atoms with Crippen LogP contribution in [0.4, 0.5) is 0 Å². The largest absolute Gasteiger partial charge is 0.391 e. The maximum absolute atomic E-state index is 9.22. The second-order valence-corrected chi connectivity index (χ2v) is 4.72. The fourth-order valence-electron chi connectivity index (χ4n) is 1.89. The summed E-state index contributed by atoms with van der Waals surface area (Å²) in [6.07, 6.45) is 4.40. The van der Waals surface area contributed by atoms with Crippen LogP contribution in [0.3, 0.4) is 0 Å². The lowest BCUT2D eigenvalue weighted by molar-refractivity contribution is 0.250. The Labute approximate surface area is 79.3 Å². The fraction of sp³-hybridized carbons (Fsp3) is 1.00. The van der Waals surface area contributed by atoms with Crippen molar-refractivity contribution in [2.24, 2.45) is 11.7 Å². The standard InChI is InChI=1S/C10H19NO2/c1-10(6-13-10)5-3-2-4-7-8(11)9(7)12/h7-9,12H,2-6,11H2,1H3. The average molecular weight is 185 g/mol. The van der Waals surface area contributed by atoms with Gasteiger partial charge < -0.3 is 15.6 Å². The SMILES string of the molecule is CC1(CCCCC2C(N)C2O)CO1. The lowest BCUT2D eigenvalue weighted by Gasteiger charge is -2.03. The number of hydrogen-bond donors (Lipinski definition) is 2. The highest BCUT2D eigenvalue weighted by Gasteiger charge is 2.45. The zero-order valence-electron chi connectivity index (χ0n) is 8.20. The molecular weight excluding hydrogens is 166 g/mol. The van der Waals surface area contributed by atoms with Crippen LogP contribution in [0.25, 0.3) is 0 Å². The van der Waals surface area contributed by atoms with Crippen LogP contribution in [0, 0.1) is 5.92 Å². The summed E-state index contributed by atoms with van der Waals surface area (Å²) >= 11 is 0. The number of unbranched alkanes of at least 4 members (excludes halogenated alkanes) is 1. The smallest absolute Gasteiger partial charge is 0.0888 e. The zero-order valence-corrected chi connectivity index (χ0v) is 8.20. The van der Waals surface area contributed by atoms with Crippen molar-refractivity contribution in [3.05, 3.63) is 0 Å². The molecule has 76 valence electrons. The molecule has 1 heterocycles. The predicted octanol–water partition coefficient (Wildman–Crippen LogP) is 0.654. The van der Waals surface area contributed by atoms with E-state index in [9.17, 15) is 5.11 Å². The van der Waals surface area contributed by atoms with E-state index in [4.69, 9.17) is 10.5 Å². The molecule has 0 amide bonds. The first-order valence-corrected chi connectivity index (χ1v) is 5.20. The van der Waals surface area contributed by atoms with Gasteiger partial charge in [-0.25, -0.2) is 0 Å². The third kappa shape index (κ3) is 2.22. The zero-order chi connectivity index (χ0) is 9.47. The lowest BCUT2D eigenvalue weighted by Crippen LogP contribution is -2.05. The van der Waals surface area contributed by atoms with Gasteiger partial charge in [-0.3, -0.25) is 0 Å². The molecule has 0 spiro atoms. The maximum atomic E-state index is 9.22. The molecule has 0 aromatic heterocycles. The van der Waals surface area contributed by atoms with Gasteiger partial charge in [-0.2, -0.15) is 0 Å². The Bertz CT molecular complexity index is 183. The first-order chi connectivity index (χ1) is 6.12. The summed E-state index contributed by atoms with van der Waals surface area (Å²) in [6.45, 7) is 3.09. The minimum Gasteiger partial charge on any atom is -0.391 e. The Morgan fingerprint density at radius 1 is 1.54 bits per heavy atom. The number of aliphatic hydroxyl groups excluding tert-OH is 1. The van der Waals surface area contributed by atoms with Crippen molar-refractivity contribution in [3.63, 3.8) is 0 Å². The summed E-state index contributed by atoms with van der Waals surface area (Å²) in [5.74, 6) is 0.382. The molecule has 1 saturated heterocycles. The highest BCUT2D eigenvalue weighted by molar-refractivity contribution is 5.01. The van der Waals surface area contributed by atoms with E-state index in [1.807, 2.05) is 0 Å². The van der Waals surface area contributed by atoms with Crippen LogP contribution in [0.5, 0.6) is 0 Å². The highest BCUT2D eigenvalue weighted by Crippen LogP contribution is 2.36. The van der Waals surface area contributed by atoms with E-state index in [-0.39, 0.29) is 17.7 Å². The van der Waals surface area contributed by atoms with Crippen LogP contribution >= 0.6 is 0 Å². The van der Waals surface area contributed by atoms with Crippen LogP contribution < -0.4 is 5.73 Å². The van der Waals surface area contributed by atoms with Crippen molar-refractivity contribution in [2.75, 3.05) is 6.61 Å². The lowest BCUT2D eigenvalue weighted by atomic mass is 10.0. The number of epoxide rings is 1. The van der Waals surface area contributed by atoms with Crippen molar-refractivity contribution < 1.29 is 9.84 Å². The van der Waals surface area contributed by atoms with Crippen molar-refractivity contribution >= 4 is 0 Å². The van der Waals surface area contributed by atoms with Crippen molar-refractivity contribution in [1.82, 2.24) is 0 Å². The topological polar surface area (TPSA) is 58.8 Å². The van der Waals surface area contributed by atoms with E-state index in [0.29, 0.717) is 5.92 Å². The summed E-state index contributed by atoms with van der Waals surface area (Å²) in [7, 11) is 0. The molecule has 2 rings (SSSR count). The molecule has 0 radical (unpaired) electrons. The maximum Gasteiger partial charge on any atom is 0.0888 e. The molecule has 1 aliphatic heterocycles. The molecule has 1 aliphatic carbocycles. The van der Waals surface area contributed by atoms with Gasteiger partial charge in [-0.1, -0.05) is 12.8 Å². The second-order valence-electron chi connectivity index (χ2n) is 4.72. The van der Waals surface area contributed by atoms with E-state index in [1.54, 1.807) is 0 Å². The molecule has 0 aromatic carbocycles. The molecule has 3 heteroatoms. The Kier molecular flexibility index (Phi) is 2.34. The van der Waals surface area contributed by atoms with E-state index >= 15 is 0 Å². The molecule has 1 saturated carbocycles. The van der Waals surface area contributed by atoms with Crippen molar-refractivity contribution in [3.8, 4) is 0 Å². The quantitative estimate of drug-likeness (QED) is 0.488. The molecule has 3 nitrogen and oxygen atoms in total. The van der Waals surface area contributed by atoms with E-state index in [0.717, 1.165) is 19.4 Å². The summed E-state index contributed by atoms with van der Waals surface area (Å²) in [6, 6.07) is 0.0627. The molecule has 4 unspecified atom stereocenters. The van der Waals surface area contributed by atoms with Gasteiger partial charge in [0.1, 0.15) is 0 Å². The van der Waals surface area contributed by atoms with E-state index in [1.165, 1.54) is 12.8 Å². The summed E-state index contributed by atoms with van der Waals surface area (Å²) < 4.78 is 5.29. The van der Waals surface area contributed by atoms with Crippen LogP contribution in [0.1, 0.15) is 32.6 Å². The number of ether oxygens (including phenoxy) is 1. The van der Waals surface area contributed by atoms with Gasteiger partial charge in [0.2, 0.25) is 0 Å². The molecule has 2 fully saturated rings. The normalized spacial score (nSPS) is 47.8. The Hall–Kier alpha value is -0.120. The summed E-state index contributed by atoms with van der Waals surface area (Å²) in [5.41, 5.74) is 5.81. The van der Waals surface area contributed by atoms with E-state index in [2.05, 4.69) is 6.92 Å². The number of rotatable bonds is 5. The third-order valence-corrected chi connectivity index (χ3v) is 3.32. The summed E-state index contributed by atoms with van der Waals surface area (Å²) in [5, 5.41) is 9.22. The number of aliphatic hydroxyl groups is 1. The van der Waals surface area contributed by atoms with E-state index < -0.39 is 0 Å². The van der Waals surface area contributed by atoms with Crippen molar-refractivity contribution in [1.29, 1.82) is 0 Å². The minimum atomic E-state index is -0.215. The Morgan fingerprint density at radius 3 is 2.62 bits per heavy atom. The van der Waals surface area contributed by atoms with Crippen LogP contribution in [-0.4, -0.2) is 29.5 Å². The van der Waals surface area contributed by atoms with Gasteiger partial charge in [0.25, 0.3) is 0 Å². The molecule has 4 atom stereocenters. The second kappa shape index (κ2) is 3.23. The van der Waals surface area contributed by atoms with Gasteiger partial charge >= 0.3 is 0 Å².